The Labute approximate surface area is 179 Å². The molecule has 2 aromatic rings. The number of piperazine rings is 1. The van der Waals surface area contributed by atoms with Gasteiger partial charge < -0.3 is 4.90 Å². The highest BCUT2D eigenvalue weighted by molar-refractivity contribution is 7.89. The van der Waals surface area contributed by atoms with E-state index in [9.17, 15) is 26.4 Å². The van der Waals surface area contributed by atoms with Crippen molar-refractivity contribution in [2.24, 2.45) is 0 Å². The van der Waals surface area contributed by atoms with Gasteiger partial charge in [0.25, 0.3) is 5.91 Å². The monoisotopic (exact) mass is 455 g/mol. The highest BCUT2D eigenvalue weighted by atomic mass is 32.2. The van der Waals surface area contributed by atoms with Crippen LogP contribution in [-0.2, 0) is 16.2 Å². The summed E-state index contributed by atoms with van der Waals surface area (Å²) in [4.78, 5) is 17.7. The van der Waals surface area contributed by atoms with Crippen molar-refractivity contribution in [3.63, 3.8) is 0 Å². The largest absolute Gasteiger partial charge is 0.433 e. The minimum absolute atomic E-state index is 0.0327. The fraction of sp³-hybridized carbons (Fsp3) is 0.429. The lowest BCUT2D eigenvalue weighted by Gasteiger charge is -2.34. The number of rotatable bonds is 3. The molecular weight excluding hydrogens is 431 g/mol. The molecule has 31 heavy (non-hydrogen) atoms. The number of hydrogen-bond donors (Lipinski definition) is 0. The summed E-state index contributed by atoms with van der Waals surface area (Å²) >= 11 is 0. The van der Waals surface area contributed by atoms with Crippen LogP contribution in [0.4, 0.5) is 13.2 Å². The number of hydrogen-bond acceptors (Lipinski definition) is 4. The van der Waals surface area contributed by atoms with Gasteiger partial charge in [-0.15, -0.1) is 0 Å². The molecule has 3 rings (SSSR count). The van der Waals surface area contributed by atoms with E-state index in [0.29, 0.717) is 16.0 Å². The number of pyridine rings is 1. The number of sulfonamides is 1. The first-order chi connectivity index (χ1) is 14.3. The van der Waals surface area contributed by atoms with E-state index in [1.54, 1.807) is 13.8 Å². The van der Waals surface area contributed by atoms with E-state index in [-0.39, 0.29) is 31.7 Å². The molecule has 1 aromatic carbocycles. The summed E-state index contributed by atoms with van der Waals surface area (Å²) in [5, 5.41) is 0. The first-order valence-corrected chi connectivity index (χ1v) is 11.2. The lowest BCUT2D eigenvalue weighted by atomic mass is 10.0. The summed E-state index contributed by atoms with van der Waals surface area (Å²) in [6, 6.07) is 3.81. The van der Waals surface area contributed by atoms with Gasteiger partial charge in [0.1, 0.15) is 5.69 Å². The molecule has 0 saturated carbocycles. The number of carbonyl (C=O) groups excluding carboxylic acids is 1. The minimum Gasteiger partial charge on any atom is -0.336 e. The second-order valence-corrected chi connectivity index (χ2v) is 9.59. The molecule has 0 unspecified atom stereocenters. The van der Waals surface area contributed by atoms with Gasteiger partial charge in [0.15, 0.2) is 0 Å². The van der Waals surface area contributed by atoms with E-state index in [2.05, 4.69) is 4.98 Å². The molecule has 10 heteroatoms. The van der Waals surface area contributed by atoms with Crippen LogP contribution >= 0.6 is 0 Å². The molecule has 0 bridgehead atoms. The number of alkyl halides is 3. The summed E-state index contributed by atoms with van der Waals surface area (Å²) in [7, 11) is -3.75. The quantitative estimate of drug-likeness (QED) is 0.711. The average molecular weight is 456 g/mol. The second kappa shape index (κ2) is 8.23. The topological polar surface area (TPSA) is 70.6 Å². The van der Waals surface area contributed by atoms with Gasteiger partial charge in [-0.3, -0.25) is 9.78 Å². The van der Waals surface area contributed by atoms with Gasteiger partial charge in [-0.05, 0) is 62.1 Å². The molecule has 0 N–H and O–H groups in total. The van der Waals surface area contributed by atoms with Crippen LogP contribution in [0.15, 0.2) is 29.3 Å². The molecule has 1 fully saturated rings. The van der Waals surface area contributed by atoms with Crippen LogP contribution in [0.3, 0.4) is 0 Å². The lowest BCUT2D eigenvalue weighted by molar-refractivity contribution is -0.141. The molecule has 0 aliphatic carbocycles. The maximum atomic E-state index is 13.3. The Bertz CT molecular complexity index is 1080. The molecule has 1 aromatic heterocycles. The summed E-state index contributed by atoms with van der Waals surface area (Å²) in [6.45, 7) is 7.80. The smallest absolute Gasteiger partial charge is 0.336 e. The zero-order valence-corrected chi connectivity index (χ0v) is 18.6. The fourth-order valence-electron chi connectivity index (χ4n) is 3.70. The minimum atomic E-state index is -4.58. The van der Waals surface area contributed by atoms with Crippen molar-refractivity contribution in [2.75, 3.05) is 26.2 Å². The summed E-state index contributed by atoms with van der Waals surface area (Å²) in [6.07, 6.45) is -3.68. The Morgan fingerprint density at radius 1 is 0.968 bits per heavy atom. The predicted molar refractivity (Wildman–Crippen MR) is 109 cm³/mol. The molecule has 2 heterocycles. The molecule has 0 atom stereocenters. The fourth-order valence-corrected chi connectivity index (χ4v) is 5.70. The van der Waals surface area contributed by atoms with Crippen LogP contribution in [0.1, 0.15) is 38.3 Å². The first-order valence-electron chi connectivity index (χ1n) is 9.74. The zero-order chi connectivity index (χ0) is 23.1. The van der Waals surface area contributed by atoms with Crippen molar-refractivity contribution in [3.8, 4) is 0 Å². The summed E-state index contributed by atoms with van der Waals surface area (Å²) < 4.78 is 66.0. The Balaban J connectivity index is 1.76. The Kier molecular flexibility index (Phi) is 6.16. The number of aryl methyl sites for hydroxylation is 2. The molecule has 1 aliphatic heterocycles. The Morgan fingerprint density at radius 2 is 1.52 bits per heavy atom. The molecular formula is C21H24F3N3O3S. The van der Waals surface area contributed by atoms with E-state index in [4.69, 9.17) is 0 Å². The van der Waals surface area contributed by atoms with E-state index in [1.165, 1.54) is 9.21 Å². The molecule has 6 nitrogen and oxygen atoms in total. The van der Waals surface area contributed by atoms with Gasteiger partial charge in [-0.25, -0.2) is 8.42 Å². The average Bonchev–Trinajstić information content (AvgIpc) is 2.71. The van der Waals surface area contributed by atoms with Crippen molar-refractivity contribution in [1.29, 1.82) is 0 Å². The van der Waals surface area contributed by atoms with Gasteiger partial charge in [-0.2, -0.15) is 17.5 Å². The van der Waals surface area contributed by atoms with Crippen LogP contribution in [-0.4, -0.2) is 54.7 Å². The molecule has 0 radical (unpaired) electrons. The number of aromatic nitrogens is 1. The third kappa shape index (κ3) is 4.45. The number of carbonyl (C=O) groups is 1. The highest BCUT2D eigenvalue weighted by Crippen LogP contribution is 2.30. The van der Waals surface area contributed by atoms with Crippen LogP contribution in [0, 0.1) is 27.7 Å². The normalized spacial score (nSPS) is 15.9. The van der Waals surface area contributed by atoms with Crippen LogP contribution in [0.5, 0.6) is 0 Å². The van der Waals surface area contributed by atoms with Gasteiger partial charge in [0, 0.05) is 32.4 Å². The van der Waals surface area contributed by atoms with Crippen LogP contribution < -0.4 is 0 Å². The number of halogens is 3. The lowest BCUT2D eigenvalue weighted by Crippen LogP contribution is -2.50. The van der Waals surface area contributed by atoms with Crippen LogP contribution in [0.25, 0.3) is 0 Å². The summed E-state index contributed by atoms with van der Waals surface area (Å²) in [5.41, 5.74) is 2.16. The van der Waals surface area contributed by atoms with Crippen molar-refractivity contribution < 1.29 is 26.4 Å². The maximum absolute atomic E-state index is 13.3. The Morgan fingerprint density at radius 3 is 1.97 bits per heavy atom. The number of amides is 1. The van der Waals surface area contributed by atoms with E-state index < -0.39 is 27.8 Å². The van der Waals surface area contributed by atoms with E-state index in [0.717, 1.165) is 29.5 Å². The first kappa shape index (κ1) is 23.2. The summed E-state index contributed by atoms with van der Waals surface area (Å²) in [5.74, 6) is -0.475. The SMILES string of the molecule is Cc1cc(C)c(C)c(S(=O)(=O)N2CCN(C(=O)c3ccc(C(F)(F)F)nc3)CC2)c1C. The third-order valence-electron chi connectivity index (χ3n) is 5.72. The molecule has 0 spiro atoms. The number of benzene rings is 1. The zero-order valence-electron chi connectivity index (χ0n) is 17.7. The second-order valence-electron chi connectivity index (χ2n) is 7.72. The molecule has 1 saturated heterocycles. The third-order valence-corrected chi connectivity index (χ3v) is 7.90. The van der Waals surface area contributed by atoms with Gasteiger partial charge in [-0.1, -0.05) is 6.07 Å². The van der Waals surface area contributed by atoms with Gasteiger partial charge in [0.05, 0.1) is 10.5 Å². The standard InChI is InChI=1S/C21H24F3N3O3S/c1-13-11-14(2)16(4)19(15(13)3)31(29,30)27-9-7-26(8-10-27)20(28)17-5-6-18(25-12-17)21(22,23)24/h5-6,11-12H,7-10H2,1-4H3. The van der Waals surface area contributed by atoms with E-state index >= 15 is 0 Å². The molecule has 1 aliphatic rings. The van der Waals surface area contributed by atoms with Crippen molar-refractivity contribution in [3.05, 3.63) is 57.9 Å². The molecule has 1 amide bonds. The van der Waals surface area contributed by atoms with Crippen molar-refractivity contribution in [2.45, 2.75) is 38.8 Å². The van der Waals surface area contributed by atoms with Gasteiger partial charge >= 0.3 is 6.18 Å². The van der Waals surface area contributed by atoms with E-state index in [1.807, 2.05) is 19.9 Å². The maximum Gasteiger partial charge on any atom is 0.433 e. The van der Waals surface area contributed by atoms with Crippen molar-refractivity contribution >= 4 is 15.9 Å². The highest BCUT2D eigenvalue weighted by Gasteiger charge is 2.34. The van der Waals surface area contributed by atoms with Crippen LogP contribution in [0.2, 0.25) is 0 Å². The number of nitrogens with zero attached hydrogens (tertiary/aromatic N) is 3. The molecule has 168 valence electrons. The van der Waals surface area contributed by atoms with Crippen molar-refractivity contribution in [1.82, 2.24) is 14.2 Å². The van der Waals surface area contributed by atoms with Gasteiger partial charge in [0.2, 0.25) is 10.0 Å². The Hall–Kier alpha value is -2.46. The predicted octanol–water partition coefficient (Wildman–Crippen LogP) is 3.48.